The third kappa shape index (κ3) is 7.20. The van der Waals surface area contributed by atoms with Crippen molar-refractivity contribution < 1.29 is 22.7 Å². The Balaban J connectivity index is 0.00000361. The fourth-order valence-electron chi connectivity index (χ4n) is 1.22. The average Bonchev–Trinajstić information content (AvgIpc) is 2.33. The van der Waals surface area contributed by atoms with Crippen LogP contribution in [0.3, 0.4) is 0 Å². The normalized spacial score (nSPS) is 12.2. The SMILES string of the molecule is C[C@@H](N)C(=O)NCc1ccc(OCC(F)(F)F)cc1.Cl. The summed E-state index contributed by atoms with van der Waals surface area (Å²) in [5.41, 5.74) is 6.11. The van der Waals surface area contributed by atoms with Gasteiger partial charge in [-0.15, -0.1) is 12.4 Å². The van der Waals surface area contributed by atoms with Crippen LogP contribution in [0.5, 0.6) is 5.75 Å². The summed E-state index contributed by atoms with van der Waals surface area (Å²) in [5, 5.41) is 2.59. The molecular formula is C12H16ClF3N2O2. The number of rotatable bonds is 5. The predicted molar refractivity (Wildman–Crippen MR) is 70.7 cm³/mol. The lowest BCUT2D eigenvalue weighted by molar-refractivity contribution is -0.153. The Hall–Kier alpha value is -1.47. The first-order chi connectivity index (χ1) is 8.78. The van der Waals surface area contributed by atoms with Crippen molar-refractivity contribution >= 4 is 18.3 Å². The van der Waals surface area contributed by atoms with Gasteiger partial charge in [0.25, 0.3) is 0 Å². The van der Waals surface area contributed by atoms with E-state index < -0.39 is 18.8 Å². The summed E-state index contributed by atoms with van der Waals surface area (Å²) in [4.78, 5) is 11.2. The lowest BCUT2D eigenvalue weighted by Crippen LogP contribution is -2.37. The lowest BCUT2D eigenvalue weighted by atomic mass is 10.2. The van der Waals surface area contributed by atoms with E-state index in [-0.39, 0.29) is 30.6 Å². The number of ether oxygens (including phenoxy) is 1. The van der Waals surface area contributed by atoms with E-state index in [1.165, 1.54) is 12.1 Å². The molecule has 1 amide bonds. The van der Waals surface area contributed by atoms with Gasteiger partial charge in [-0.25, -0.2) is 0 Å². The molecule has 0 unspecified atom stereocenters. The molecule has 0 saturated heterocycles. The van der Waals surface area contributed by atoms with Crippen molar-refractivity contribution in [1.82, 2.24) is 5.32 Å². The van der Waals surface area contributed by atoms with Crippen LogP contribution in [0.1, 0.15) is 12.5 Å². The van der Waals surface area contributed by atoms with Gasteiger partial charge in [-0.3, -0.25) is 4.79 Å². The summed E-state index contributed by atoms with van der Waals surface area (Å²) in [7, 11) is 0. The van der Waals surface area contributed by atoms with E-state index in [4.69, 9.17) is 5.73 Å². The summed E-state index contributed by atoms with van der Waals surface area (Å²) in [5.74, 6) is -0.169. The molecule has 0 aliphatic heterocycles. The van der Waals surface area contributed by atoms with E-state index in [0.29, 0.717) is 0 Å². The molecule has 0 fully saturated rings. The standard InChI is InChI=1S/C12H15F3N2O2.ClH/c1-8(16)11(18)17-6-9-2-4-10(5-3-9)19-7-12(13,14)15;/h2-5,8H,6-7,16H2,1H3,(H,17,18);1H/t8-;/m1./s1. The second-order valence-electron chi connectivity index (χ2n) is 4.05. The monoisotopic (exact) mass is 312 g/mol. The Morgan fingerprint density at radius 1 is 1.35 bits per heavy atom. The highest BCUT2D eigenvalue weighted by Gasteiger charge is 2.28. The predicted octanol–water partition coefficient (Wildman–Crippen LogP) is 2.01. The molecule has 3 N–H and O–H groups in total. The minimum atomic E-state index is -4.36. The molecule has 0 bridgehead atoms. The smallest absolute Gasteiger partial charge is 0.422 e. The van der Waals surface area contributed by atoms with Gasteiger partial charge in [0, 0.05) is 6.54 Å². The van der Waals surface area contributed by atoms with Crippen LogP contribution in [0.2, 0.25) is 0 Å². The number of nitrogens with two attached hydrogens (primary N) is 1. The molecule has 4 nitrogen and oxygen atoms in total. The molecule has 0 aliphatic carbocycles. The van der Waals surface area contributed by atoms with Crippen molar-refractivity contribution in [2.45, 2.75) is 25.7 Å². The van der Waals surface area contributed by atoms with E-state index in [1.807, 2.05) is 0 Å². The van der Waals surface area contributed by atoms with Gasteiger partial charge in [0.15, 0.2) is 6.61 Å². The molecule has 0 saturated carbocycles. The molecule has 0 radical (unpaired) electrons. The molecule has 1 rings (SSSR count). The number of hydrogen-bond donors (Lipinski definition) is 2. The second kappa shape index (κ2) is 7.96. The van der Waals surface area contributed by atoms with Gasteiger partial charge in [-0.1, -0.05) is 12.1 Å². The first kappa shape index (κ1) is 18.5. The first-order valence-corrected chi connectivity index (χ1v) is 5.60. The van der Waals surface area contributed by atoms with Crippen LogP contribution in [0, 0.1) is 0 Å². The van der Waals surface area contributed by atoms with Gasteiger partial charge in [0.1, 0.15) is 5.75 Å². The number of carbonyl (C=O) groups excluding carboxylic acids is 1. The quantitative estimate of drug-likeness (QED) is 0.874. The Morgan fingerprint density at radius 3 is 2.35 bits per heavy atom. The number of alkyl halides is 3. The van der Waals surface area contributed by atoms with Crippen LogP contribution >= 0.6 is 12.4 Å². The Bertz CT molecular complexity index is 422. The van der Waals surface area contributed by atoms with Gasteiger partial charge >= 0.3 is 6.18 Å². The summed E-state index contributed by atoms with van der Waals surface area (Å²) in [6, 6.07) is 5.38. The molecule has 8 heteroatoms. The molecule has 0 aliphatic rings. The highest BCUT2D eigenvalue weighted by molar-refractivity contribution is 5.85. The highest BCUT2D eigenvalue weighted by Crippen LogP contribution is 2.18. The number of amides is 1. The fourth-order valence-corrected chi connectivity index (χ4v) is 1.22. The van der Waals surface area contributed by atoms with Crippen molar-refractivity contribution in [3.8, 4) is 5.75 Å². The summed E-state index contributed by atoms with van der Waals surface area (Å²) in [6.45, 7) is 0.497. The molecular weight excluding hydrogens is 297 g/mol. The van der Waals surface area contributed by atoms with Crippen molar-refractivity contribution in [1.29, 1.82) is 0 Å². The van der Waals surface area contributed by atoms with Crippen LogP contribution in [-0.4, -0.2) is 24.7 Å². The van der Waals surface area contributed by atoms with Crippen LogP contribution in [0.25, 0.3) is 0 Å². The van der Waals surface area contributed by atoms with Gasteiger partial charge in [0.2, 0.25) is 5.91 Å². The number of hydrogen-bond acceptors (Lipinski definition) is 3. The van der Waals surface area contributed by atoms with Crippen LogP contribution in [0.15, 0.2) is 24.3 Å². The van der Waals surface area contributed by atoms with Gasteiger partial charge in [-0.2, -0.15) is 13.2 Å². The minimum Gasteiger partial charge on any atom is -0.484 e. The Morgan fingerprint density at radius 2 is 1.90 bits per heavy atom. The van der Waals surface area contributed by atoms with Crippen LogP contribution in [0.4, 0.5) is 13.2 Å². The summed E-state index contributed by atoms with van der Waals surface area (Å²) < 4.78 is 40.3. The zero-order valence-corrected chi connectivity index (χ0v) is 11.6. The molecule has 114 valence electrons. The molecule has 0 spiro atoms. The number of halogens is 4. The lowest BCUT2D eigenvalue weighted by Gasteiger charge is -2.10. The maximum Gasteiger partial charge on any atom is 0.422 e. The van der Waals surface area contributed by atoms with Crippen molar-refractivity contribution in [3.63, 3.8) is 0 Å². The third-order valence-corrected chi connectivity index (χ3v) is 2.21. The van der Waals surface area contributed by atoms with Gasteiger partial charge in [0.05, 0.1) is 6.04 Å². The number of benzene rings is 1. The number of nitrogens with one attached hydrogen (secondary N) is 1. The minimum absolute atomic E-state index is 0. The topological polar surface area (TPSA) is 64.4 Å². The van der Waals surface area contributed by atoms with Gasteiger partial charge in [-0.05, 0) is 24.6 Å². The third-order valence-electron chi connectivity index (χ3n) is 2.21. The average molecular weight is 313 g/mol. The maximum absolute atomic E-state index is 11.9. The van der Waals surface area contributed by atoms with E-state index in [2.05, 4.69) is 10.1 Å². The summed E-state index contributed by atoms with van der Waals surface area (Å²) in [6.07, 6.45) is -4.36. The molecule has 20 heavy (non-hydrogen) atoms. The van der Waals surface area contributed by atoms with Crippen molar-refractivity contribution in [3.05, 3.63) is 29.8 Å². The second-order valence-corrected chi connectivity index (χ2v) is 4.05. The zero-order valence-electron chi connectivity index (χ0n) is 10.7. The molecule has 1 atom stereocenters. The molecule has 0 heterocycles. The summed E-state index contributed by atoms with van der Waals surface area (Å²) >= 11 is 0. The van der Waals surface area contributed by atoms with Crippen molar-refractivity contribution in [2.24, 2.45) is 5.73 Å². The number of carbonyl (C=O) groups is 1. The van der Waals surface area contributed by atoms with Crippen molar-refractivity contribution in [2.75, 3.05) is 6.61 Å². The highest BCUT2D eigenvalue weighted by atomic mass is 35.5. The van der Waals surface area contributed by atoms with E-state index in [0.717, 1.165) is 5.56 Å². The molecule has 1 aromatic rings. The Kier molecular flexibility index (Phi) is 7.38. The van der Waals surface area contributed by atoms with Gasteiger partial charge < -0.3 is 15.8 Å². The first-order valence-electron chi connectivity index (χ1n) is 5.60. The largest absolute Gasteiger partial charge is 0.484 e. The maximum atomic E-state index is 11.9. The molecule has 1 aromatic carbocycles. The van der Waals surface area contributed by atoms with E-state index >= 15 is 0 Å². The van der Waals surface area contributed by atoms with Crippen LogP contribution < -0.4 is 15.8 Å². The van der Waals surface area contributed by atoms with E-state index in [1.54, 1.807) is 19.1 Å². The molecule has 0 aromatic heterocycles. The zero-order chi connectivity index (χ0) is 14.5. The fraction of sp³-hybridized carbons (Fsp3) is 0.417. The van der Waals surface area contributed by atoms with Crippen LogP contribution in [-0.2, 0) is 11.3 Å². The van der Waals surface area contributed by atoms with E-state index in [9.17, 15) is 18.0 Å². The Labute approximate surface area is 120 Å².